The normalized spacial score (nSPS) is 7.80. The van der Waals surface area contributed by atoms with Gasteiger partial charge >= 0.3 is 0 Å². The smallest absolute Gasteiger partial charge is 0.106 e. The van der Waals surface area contributed by atoms with Crippen molar-refractivity contribution >= 4 is 39.3 Å². The zero-order chi connectivity index (χ0) is 7.82. The van der Waals surface area contributed by atoms with Crippen molar-refractivity contribution in [2.45, 2.75) is 0 Å². The zero-order valence-corrected chi connectivity index (χ0v) is 7.74. The standard InChI is InChI=1S/C7H6S3/c1-3-5-9-7(8)10-6-4-2/h1-2H,5-6H2. The fourth-order valence-corrected chi connectivity index (χ4v) is 1.69. The molecule has 3 heteroatoms. The van der Waals surface area contributed by atoms with E-state index in [1.807, 2.05) is 0 Å². The summed E-state index contributed by atoms with van der Waals surface area (Å²) in [5.74, 6) is 6.24. The van der Waals surface area contributed by atoms with Crippen molar-refractivity contribution < 1.29 is 0 Å². The van der Waals surface area contributed by atoms with Gasteiger partial charge in [-0.2, -0.15) is 0 Å². The second-order valence-corrected chi connectivity index (χ2v) is 4.39. The van der Waals surface area contributed by atoms with E-state index in [9.17, 15) is 0 Å². The average Bonchev–Trinajstić information content (AvgIpc) is 1.97. The van der Waals surface area contributed by atoms with Crippen LogP contribution in [0.4, 0.5) is 0 Å². The molecule has 0 saturated carbocycles. The molecule has 52 valence electrons. The first-order valence-corrected chi connectivity index (χ1v) is 4.85. The van der Waals surface area contributed by atoms with Gasteiger partial charge in [0.1, 0.15) is 3.53 Å². The zero-order valence-electron chi connectivity index (χ0n) is 5.29. The van der Waals surface area contributed by atoms with Crippen molar-refractivity contribution in [3.05, 3.63) is 0 Å². The first-order chi connectivity index (χ1) is 4.81. The highest BCUT2D eigenvalue weighted by atomic mass is 32.2. The molecule has 0 rings (SSSR count). The van der Waals surface area contributed by atoms with Gasteiger partial charge in [-0.05, 0) is 0 Å². The summed E-state index contributed by atoms with van der Waals surface area (Å²) in [5.41, 5.74) is 0. The Labute approximate surface area is 75.5 Å². The second-order valence-electron chi connectivity index (χ2n) is 1.24. The fourth-order valence-electron chi connectivity index (χ4n) is 0.243. The van der Waals surface area contributed by atoms with Crippen LogP contribution in [0.15, 0.2) is 0 Å². The molecule has 0 bridgehead atoms. The number of terminal acetylenes is 2. The third-order valence-electron chi connectivity index (χ3n) is 0.547. The minimum Gasteiger partial charge on any atom is -0.119 e. The fraction of sp³-hybridized carbons (Fsp3) is 0.286. The van der Waals surface area contributed by atoms with E-state index >= 15 is 0 Å². The summed E-state index contributed by atoms with van der Waals surface area (Å²) in [5, 5.41) is 0. The highest BCUT2D eigenvalue weighted by Gasteiger charge is 1.93. The molecular formula is C7H6S3. The molecule has 0 aromatic rings. The minimum atomic E-state index is 0.635. The minimum absolute atomic E-state index is 0.635. The Bertz CT molecular complexity index is 162. The Balaban J connectivity index is 3.30. The third kappa shape index (κ3) is 6.04. The Morgan fingerprint density at radius 1 is 1.20 bits per heavy atom. The van der Waals surface area contributed by atoms with E-state index in [1.165, 1.54) is 23.5 Å². The largest absolute Gasteiger partial charge is 0.119 e. The molecule has 0 fully saturated rings. The van der Waals surface area contributed by atoms with Crippen LogP contribution in [0.2, 0.25) is 0 Å². The molecule has 0 heterocycles. The van der Waals surface area contributed by atoms with Gasteiger partial charge in [-0.3, -0.25) is 0 Å². The van der Waals surface area contributed by atoms with Gasteiger partial charge in [-0.15, -0.1) is 12.8 Å². The highest BCUT2D eigenvalue weighted by Crippen LogP contribution is 2.15. The monoisotopic (exact) mass is 186 g/mol. The average molecular weight is 186 g/mol. The molecular weight excluding hydrogens is 180 g/mol. The van der Waals surface area contributed by atoms with Gasteiger partial charge in [-0.1, -0.05) is 47.6 Å². The van der Waals surface area contributed by atoms with Gasteiger partial charge < -0.3 is 0 Å². The Hall–Kier alpha value is -0.0900. The highest BCUT2D eigenvalue weighted by molar-refractivity contribution is 8.47. The van der Waals surface area contributed by atoms with Crippen LogP contribution in [-0.2, 0) is 0 Å². The van der Waals surface area contributed by atoms with Crippen LogP contribution in [0.3, 0.4) is 0 Å². The maximum Gasteiger partial charge on any atom is 0.106 e. The lowest BCUT2D eigenvalue weighted by Gasteiger charge is -1.94. The van der Waals surface area contributed by atoms with Gasteiger partial charge in [0.05, 0.1) is 11.5 Å². The molecule has 0 saturated heterocycles. The molecule has 0 spiro atoms. The number of thiocarbonyl (C=S) groups is 1. The van der Waals surface area contributed by atoms with Gasteiger partial charge in [0.15, 0.2) is 0 Å². The van der Waals surface area contributed by atoms with E-state index in [0.717, 1.165) is 3.53 Å². The molecule has 0 aromatic heterocycles. The number of thioether (sulfide) groups is 2. The van der Waals surface area contributed by atoms with E-state index in [4.69, 9.17) is 25.1 Å². The van der Waals surface area contributed by atoms with E-state index < -0.39 is 0 Å². The summed E-state index contributed by atoms with van der Waals surface area (Å²) >= 11 is 7.88. The van der Waals surface area contributed by atoms with E-state index in [2.05, 4.69) is 11.8 Å². The van der Waals surface area contributed by atoms with Crippen molar-refractivity contribution in [2.75, 3.05) is 11.5 Å². The molecule has 0 radical (unpaired) electrons. The van der Waals surface area contributed by atoms with Gasteiger partial charge in [0.2, 0.25) is 0 Å². The lowest BCUT2D eigenvalue weighted by atomic mass is 10.8. The lowest BCUT2D eigenvalue weighted by molar-refractivity contribution is 1.98. The van der Waals surface area contributed by atoms with Gasteiger partial charge in [0.25, 0.3) is 0 Å². The molecule has 0 nitrogen and oxygen atoms in total. The van der Waals surface area contributed by atoms with Crippen LogP contribution in [0.5, 0.6) is 0 Å². The van der Waals surface area contributed by atoms with Crippen LogP contribution in [-0.4, -0.2) is 15.0 Å². The van der Waals surface area contributed by atoms with Crippen LogP contribution < -0.4 is 0 Å². The van der Waals surface area contributed by atoms with E-state index in [0.29, 0.717) is 11.5 Å². The molecule has 0 N–H and O–H groups in total. The molecule has 0 aliphatic heterocycles. The number of hydrogen-bond donors (Lipinski definition) is 0. The number of hydrogen-bond acceptors (Lipinski definition) is 3. The SMILES string of the molecule is C#CCSC(=S)SCC#C. The van der Waals surface area contributed by atoms with E-state index in [1.54, 1.807) is 0 Å². The lowest BCUT2D eigenvalue weighted by Crippen LogP contribution is -1.82. The summed E-state index contributed by atoms with van der Waals surface area (Å²) in [6, 6.07) is 0. The summed E-state index contributed by atoms with van der Waals surface area (Å²) in [7, 11) is 0. The molecule has 0 unspecified atom stereocenters. The van der Waals surface area contributed by atoms with Crippen LogP contribution in [0.1, 0.15) is 0 Å². The van der Waals surface area contributed by atoms with Crippen LogP contribution >= 0.6 is 35.7 Å². The third-order valence-corrected chi connectivity index (χ3v) is 3.05. The quantitative estimate of drug-likeness (QED) is 0.478. The maximum absolute atomic E-state index is 5.03. The van der Waals surface area contributed by atoms with Crippen molar-refractivity contribution in [2.24, 2.45) is 0 Å². The molecule has 0 atom stereocenters. The molecule has 0 aromatic carbocycles. The molecule has 0 aliphatic carbocycles. The van der Waals surface area contributed by atoms with Crippen molar-refractivity contribution in [3.63, 3.8) is 0 Å². The van der Waals surface area contributed by atoms with E-state index in [-0.39, 0.29) is 0 Å². The molecule has 0 amide bonds. The summed E-state index contributed by atoms with van der Waals surface area (Å²) < 4.78 is 0.830. The van der Waals surface area contributed by atoms with Crippen molar-refractivity contribution in [1.82, 2.24) is 0 Å². The Kier molecular flexibility index (Phi) is 6.96. The van der Waals surface area contributed by atoms with Gasteiger partial charge in [-0.25, -0.2) is 0 Å². The first kappa shape index (κ1) is 9.91. The first-order valence-electron chi connectivity index (χ1n) is 2.47. The summed E-state index contributed by atoms with van der Waals surface area (Å²) in [6.07, 6.45) is 10.1. The second kappa shape index (κ2) is 7.02. The predicted molar refractivity (Wildman–Crippen MR) is 55.2 cm³/mol. The molecule has 0 aliphatic rings. The Morgan fingerprint density at radius 2 is 1.60 bits per heavy atom. The summed E-state index contributed by atoms with van der Waals surface area (Å²) in [4.78, 5) is 0. The topological polar surface area (TPSA) is 0 Å². The van der Waals surface area contributed by atoms with Crippen molar-refractivity contribution in [1.29, 1.82) is 0 Å². The summed E-state index contributed by atoms with van der Waals surface area (Å²) in [6.45, 7) is 0. The predicted octanol–water partition coefficient (Wildman–Crippen LogP) is 2.00. The van der Waals surface area contributed by atoms with Gasteiger partial charge in [0, 0.05) is 0 Å². The Morgan fingerprint density at radius 3 is 1.90 bits per heavy atom. The van der Waals surface area contributed by atoms with Crippen LogP contribution in [0.25, 0.3) is 0 Å². The van der Waals surface area contributed by atoms with Crippen molar-refractivity contribution in [3.8, 4) is 24.7 Å². The number of rotatable bonds is 2. The molecule has 10 heavy (non-hydrogen) atoms. The van der Waals surface area contributed by atoms with Crippen LogP contribution in [0, 0.1) is 24.7 Å². The maximum atomic E-state index is 5.03.